The first-order valence-corrected chi connectivity index (χ1v) is 28.1. The minimum absolute atomic E-state index is 0.0988. The molecule has 0 radical (unpaired) electrons. The zero-order valence-corrected chi connectivity index (χ0v) is 43.6. The predicted octanol–water partition coefficient (Wildman–Crippen LogP) is 15.8. The smallest absolute Gasteiger partial charge is 0.0936 e. The molecule has 9 atom stereocenters. The van der Waals surface area contributed by atoms with E-state index in [1.165, 1.54) is 141 Å². The lowest BCUT2D eigenvalue weighted by Gasteiger charge is -2.58. The number of likely N-dealkylation sites (tertiary alicyclic amines) is 1. The fourth-order valence-corrected chi connectivity index (χ4v) is 13.6. The van der Waals surface area contributed by atoms with Crippen molar-refractivity contribution in [3.05, 3.63) is 36.0 Å². The van der Waals surface area contributed by atoms with Gasteiger partial charge in [0.05, 0.1) is 45.2 Å². The Hall–Kier alpha value is -0.980. The summed E-state index contributed by atoms with van der Waals surface area (Å²) in [6.45, 7) is 27.2. The highest BCUT2D eigenvalue weighted by Gasteiger charge is 2.59. The normalized spacial score (nSPS) is 30.5. The van der Waals surface area contributed by atoms with Gasteiger partial charge < -0.3 is 23.8 Å². The van der Waals surface area contributed by atoms with Gasteiger partial charge in [-0.05, 0) is 168 Å². The van der Waals surface area contributed by atoms with Gasteiger partial charge in [-0.25, -0.2) is 0 Å². The van der Waals surface area contributed by atoms with Crippen molar-refractivity contribution in [1.29, 1.82) is 0 Å². The van der Waals surface area contributed by atoms with E-state index < -0.39 is 0 Å². The van der Waals surface area contributed by atoms with E-state index in [2.05, 4.69) is 90.7 Å². The van der Waals surface area contributed by atoms with Gasteiger partial charge >= 0.3 is 0 Å². The number of hydrogen-bond acceptors (Lipinski definition) is 5. The van der Waals surface area contributed by atoms with Crippen LogP contribution < -0.4 is 0 Å². The molecular formula is C59H105NO4. The van der Waals surface area contributed by atoms with E-state index in [0.29, 0.717) is 55.4 Å². The molecule has 0 N–H and O–H groups in total. The maximum Gasteiger partial charge on any atom is 0.0936 e. The maximum atomic E-state index is 6.54. The second-order valence-corrected chi connectivity index (χ2v) is 23.8. The minimum Gasteiger partial charge on any atom is -0.379 e. The van der Waals surface area contributed by atoms with Crippen molar-refractivity contribution < 1.29 is 18.9 Å². The van der Waals surface area contributed by atoms with E-state index in [1.54, 1.807) is 5.57 Å². The summed E-state index contributed by atoms with van der Waals surface area (Å²) in [7, 11) is 0. The van der Waals surface area contributed by atoms with E-state index in [9.17, 15) is 0 Å². The fraction of sp³-hybridized carbons (Fsp3) is 0.898. The summed E-state index contributed by atoms with van der Waals surface area (Å²) in [6.07, 6.45) is 45.4. The number of unbranched alkanes of at least 4 members (excludes halogenated alkanes) is 9. The van der Waals surface area contributed by atoms with Gasteiger partial charge in [0, 0.05) is 13.2 Å². The lowest BCUT2D eigenvalue weighted by molar-refractivity contribution is -0.0744. The Balaban J connectivity index is 0.931. The molecular weight excluding hydrogens is 787 g/mol. The van der Waals surface area contributed by atoms with Crippen molar-refractivity contribution >= 4 is 0 Å². The molecule has 1 saturated heterocycles. The predicted molar refractivity (Wildman–Crippen MR) is 273 cm³/mol. The van der Waals surface area contributed by atoms with Crippen LogP contribution in [0.3, 0.4) is 0 Å². The zero-order chi connectivity index (χ0) is 45.7. The van der Waals surface area contributed by atoms with E-state index in [0.717, 1.165) is 81.0 Å². The molecule has 0 aromatic carbocycles. The quantitative estimate of drug-likeness (QED) is 0.0497. The minimum atomic E-state index is 0.0988. The van der Waals surface area contributed by atoms with Crippen LogP contribution in [0.2, 0.25) is 0 Å². The number of nitrogens with zero attached hydrogens (tertiary/aromatic N) is 1. The third-order valence-corrected chi connectivity index (χ3v) is 17.9. The molecule has 1 aliphatic heterocycles. The van der Waals surface area contributed by atoms with Crippen LogP contribution in [-0.2, 0) is 18.9 Å². The Bertz CT molecular complexity index is 1340. The maximum absolute atomic E-state index is 6.54. The van der Waals surface area contributed by atoms with E-state index in [4.69, 9.17) is 18.9 Å². The van der Waals surface area contributed by atoms with Crippen LogP contribution in [0.5, 0.6) is 0 Å². The number of allylic oxidation sites excluding steroid dienone is 5. The van der Waals surface area contributed by atoms with Crippen LogP contribution >= 0.6 is 0 Å². The van der Waals surface area contributed by atoms with Gasteiger partial charge in [0.15, 0.2) is 0 Å². The van der Waals surface area contributed by atoms with Crippen LogP contribution in [0.15, 0.2) is 36.0 Å². The van der Waals surface area contributed by atoms with E-state index in [-0.39, 0.29) is 6.10 Å². The molecule has 0 amide bonds. The van der Waals surface area contributed by atoms with Gasteiger partial charge in [0.1, 0.15) is 0 Å². The molecule has 5 heteroatoms. The summed E-state index contributed by atoms with van der Waals surface area (Å²) >= 11 is 0. The number of hydrogen-bond donors (Lipinski definition) is 0. The highest BCUT2D eigenvalue weighted by Crippen LogP contribution is 2.67. The largest absolute Gasteiger partial charge is 0.379 e. The van der Waals surface area contributed by atoms with Crippen molar-refractivity contribution in [2.24, 2.45) is 51.8 Å². The second kappa shape index (κ2) is 28.5. The molecule has 0 aromatic rings. The Morgan fingerprint density at radius 3 is 2.16 bits per heavy atom. The second-order valence-electron chi connectivity index (χ2n) is 23.8. The summed E-state index contributed by atoms with van der Waals surface area (Å²) in [4.78, 5) is 2.60. The van der Waals surface area contributed by atoms with Gasteiger partial charge in [0.2, 0.25) is 0 Å². The van der Waals surface area contributed by atoms with Gasteiger partial charge in [-0.2, -0.15) is 0 Å². The molecule has 4 fully saturated rings. The Kier molecular flexibility index (Phi) is 24.0. The first-order chi connectivity index (χ1) is 30.9. The molecule has 5 nitrogen and oxygen atoms in total. The van der Waals surface area contributed by atoms with Gasteiger partial charge in [0.25, 0.3) is 0 Å². The SMILES string of the molecule is CCCCC/C=C\C/C=C\CCCCCCCCOCC(CN1CCC(C)(C)CC1)OCCOCCO[C@H]1CC[C@@]2(C)C(=CCC3C2CC[C@@]2(C)C3CC[C@@H]2[C@H](C)CCCC(C)C)C1. The average Bonchev–Trinajstić information content (AvgIpc) is 3.63. The van der Waals surface area contributed by atoms with Gasteiger partial charge in [-0.15, -0.1) is 0 Å². The summed E-state index contributed by atoms with van der Waals surface area (Å²) in [6, 6.07) is 0. The summed E-state index contributed by atoms with van der Waals surface area (Å²) in [5.74, 6) is 5.36. The molecule has 1 heterocycles. The number of rotatable bonds is 32. The first kappa shape index (κ1) is 54.0. The molecule has 370 valence electrons. The average molecular weight is 892 g/mol. The van der Waals surface area contributed by atoms with Gasteiger partial charge in [-0.1, -0.05) is 149 Å². The summed E-state index contributed by atoms with van der Waals surface area (Å²) in [5.41, 5.74) is 3.13. The van der Waals surface area contributed by atoms with Gasteiger partial charge in [-0.3, -0.25) is 0 Å². The van der Waals surface area contributed by atoms with E-state index >= 15 is 0 Å². The molecule has 0 aromatic heterocycles. The molecule has 0 bridgehead atoms. The summed E-state index contributed by atoms with van der Waals surface area (Å²) in [5, 5.41) is 0. The van der Waals surface area contributed by atoms with Crippen LogP contribution in [0.25, 0.3) is 0 Å². The highest BCUT2D eigenvalue weighted by molar-refractivity contribution is 5.25. The number of fused-ring (bicyclic) bond motifs is 5. The van der Waals surface area contributed by atoms with Crippen molar-refractivity contribution in [3.8, 4) is 0 Å². The molecule has 0 spiro atoms. The molecule has 5 rings (SSSR count). The Labute approximate surface area is 397 Å². The molecule has 3 saturated carbocycles. The van der Waals surface area contributed by atoms with Crippen molar-refractivity contribution in [2.75, 3.05) is 59.3 Å². The zero-order valence-electron chi connectivity index (χ0n) is 43.6. The van der Waals surface area contributed by atoms with Crippen molar-refractivity contribution in [1.82, 2.24) is 4.90 Å². The standard InChI is InChI=1S/C59H105NO4/c1-9-10-11-12-13-14-15-16-17-18-19-20-21-22-23-24-40-62-47-52(46-60-38-36-57(5,6)37-39-60)64-44-42-61-41-43-63-51-32-34-58(7)50(45-51)28-29-53-55-31-30-54(49(4)27-25-26-48(2)3)59(55,8)35-33-56(53)58/h13-14,16-17,28,48-49,51-56H,9-12,15,18-27,29-47H2,1-8H3/b14-13-,17-16-/t49-,51+,52?,53?,54-,55?,56?,58+,59-/m1/s1. The molecule has 4 unspecified atom stereocenters. The third kappa shape index (κ3) is 17.2. The Morgan fingerprint density at radius 1 is 0.688 bits per heavy atom. The fourth-order valence-electron chi connectivity index (χ4n) is 13.6. The van der Waals surface area contributed by atoms with Crippen LogP contribution in [0, 0.1) is 51.8 Å². The van der Waals surface area contributed by atoms with Crippen molar-refractivity contribution in [2.45, 2.75) is 228 Å². The number of ether oxygens (including phenoxy) is 4. The topological polar surface area (TPSA) is 40.2 Å². The van der Waals surface area contributed by atoms with Crippen LogP contribution in [-0.4, -0.2) is 76.4 Å². The van der Waals surface area contributed by atoms with Crippen LogP contribution in [0.4, 0.5) is 0 Å². The monoisotopic (exact) mass is 892 g/mol. The Morgan fingerprint density at radius 2 is 1.41 bits per heavy atom. The van der Waals surface area contributed by atoms with E-state index in [1.807, 2.05) is 0 Å². The molecule has 4 aliphatic carbocycles. The first-order valence-electron chi connectivity index (χ1n) is 28.1. The van der Waals surface area contributed by atoms with Crippen LogP contribution in [0.1, 0.15) is 216 Å². The summed E-state index contributed by atoms with van der Waals surface area (Å²) < 4.78 is 25.4. The highest BCUT2D eigenvalue weighted by atomic mass is 16.6. The third-order valence-electron chi connectivity index (χ3n) is 17.9. The molecule has 64 heavy (non-hydrogen) atoms. The lowest BCUT2D eigenvalue weighted by Crippen LogP contribution is -2.51. The van der Waals surface area contributed by atoms with Crippen molar-refractivity contribution in [3.63, 3.8) is 0 Å². The number of piperidine rings is 1. The molecule has 5 aliphatic rings. The lowest BCUT2D eigenvalue weighted by atomic mass is 9.47.